The highest BCUT2D eigenvalue weighted by Gasteiger charge is 2.15. The van der Waals surface area contributed by atoms with Crippen molar-refractivity contribution < 1.29 is 0 Å². The molecule has 0 aliphatic rings. The zero-order chi connectivity index (χ0) is 21.6. The quantitative estimate of drug-likeness (QED) is 0.609. The number of hydrogen-bond donors (Lipinski definition) is 2. The lowest BCUT2D eigenvalue weighted by Crippen LogP contribution is -2.45. The number of fused-ring (bicyclic) bond motifs is 1. The van der Waals surface area contributed by atoms with Crippen LogP contribution in [0.3, 0.4) is 0 Å². The number of likely N-dealkylation sites (N-methyl/N-ethyl adjacent to an activating group) is 1. The standard InChI is InChI=1S/C23H36N4OS/c1-7-26(8-2)11-12-27(23(29)24-14-16(3)4)15-19-13-20-17(5)9-10-18(6)21(20)25-22(19)28/h9-10,13,16H,7-8,11-12,14-15H2,1-6H3,(H,24,29)(H,25,28). The molecule has 0 saturated carbocycles. The molecule has 2 aromatic rings. The smallest absolute Gasteiger partial charge is 0.253 e. The van der Waals surface area contributed by atoms with Gasteiger partial charge in [0.1, 0.15) is 0 Å². The SMILES string of the molecule is CCN(CC)CCN(Cc1cc2c(C)ccc(C)c2[nH]c1=O)C(=S)NCC(C)C. The molecule has 0 aliphatic carbocycles. The molecular formula is C23H36N4OS. The lowest BCUT2D eigenvalue weighted by atomic mass is 10.0. The van der Waals surface area contributed by atoms with Crippen LogP contribution in [0.15, 0.2) is 23.0 Å². The molecule has 0 saturated heterocycles. The van der Waals surface area contributed by atoms with Crippen LogP contribution in [0.5, 0.6) is 0 Å². The van der Waals surface area contributed by atoms with Crippen LogP contribution in [-0.4, -0.2) is 52.6 Å². The zero-order valence-electron chi connectivity index (χ0n) is 18.8. The number of nitrogens with zero attached hydrogens (tertiary/aromatic N) is 2. The molecule has 6 heteroatoms. The van der Waals surface area contributed by atoms with Gasteiger partial charge >= 0.3 is 0 Å². The van der Waals surface area contributed by atoms with Gasteiger partial charge in [-0.2, -0.15) is 0 Å². The number of aryl methyl sites for hydroxylation is 2. The number of aromatic nitrogens is 1. The highest BCUT2D eigenvalue weighted by molar-refractivity contribution is 7.80. The van der Waals surface area contributed by atoms with E-state index in [0.29, 0.717) is 17.6 Å². The van der Waals surface area contributed by atoms with Gasteiger partial charge in [0.15, 0.2) is 5.11 Å². The van der Waals surface area contributed by atoms with Crippen LogP contribution in [0.25, 0.3) is 10.9 Å². The molecule has 5 nitrogen and oxygen atoms in total. The van der Waals surface area contributed by atoms with Gasteiger partial charge in [-0.15, -0.1) is 0 Å². The number of nitrogens with one attached hydrogen (secondary N) is 2. The van der Waals surface area contributed by atoms with Crippen molar-refractivity contribution in [1.29, 1.82) is 0 Å². The topological polar surface area (TPSA) is 51.4 Å². The summed E-state index contributed by atoms with van der Waals surface area (Å²) in [5.74, 6) is 0.507. The normalized spacial score (nSPS) is 11.4. The Morgan fingerprint density at radius 1 is 1.14 bits per heavy atom. The predicted octanol–water partition coefficient (Wildman–Crippen LogP) is 3.82. The molecular weight excluding hydrogens is 380 g/mol. The summed E-state index contributed by atoms with van der Waals surface area (Å²) in [6.45, 7) is 17.8. The molecule has 0 fully saturated rings. The van der Waals surface area contributed by atoms with E-state index < -0.39 is 0 Å². The van der Waals surface area contributed by atoms with E-state index in [1.807, 2.05) is 13.0 Å². The van der Waals surface area contributed by atoms with E-state index in [9.17, 15) is 4.79 Å². The lowest BCUT2D eigenvalue weighted by Gasteiger charge is -2.29. The third-order valence-corrected chi connectivity index (χ3v) is 5.81. The Morgan fingerprint density at radius 3 is 2.41 bits per heavy atom. The molecule has 0 bridgehead atoms. The van der Waals surface area contributed by atoms with Crippen LogP contribution in [0.2, 0.25) is 0 Å². The summed E-state index contributed by atoms with van der Waals surface area (Å²) < 4.78 is 0. The maximum atomic E-state index is 12.8. The van der Waals surface area contributed by atoms with Gasteiger partial charge in [-0.1, -0.05) is 39.8 Å². The first-order valence-electron chi connectivity index (χ1n) is 10.6. The van der Waals surface area contributed by atoms with Crippen molar-refractivity contribution in [3.8, 4) is 0 Å². The van der Waals surface area contributed by atoms with Gasteiger partial charge in [-0.25, -0.2) is 0 Å². The zero-order valence-corrected chi connectivity index (χ0v) is 19.6. The molecule has 0 spiro atoms. The van der Waals surface area contributed by atoms with E-state index in [1.54, 1.807) is 0 Å². The first kappa shape index (κ1) is 23.4. The lowest BCUT2D eigenvalue weighted by molar-refractivity contribution is 0.263. The van der Waals surface area contributed by atoms with E-state index in [-0.39, 0.29) is 5.56 Å². The van der Waals surface area contributed by atoms with Crippen LogP contribution in [0, 0.1) is 19.8 Å². The van der Waals surface area contributed by atoms with Crippen LogP contribution < -0.4 is 10.9 Å². The van der Waals surface area contributed by atoms with Crippen molar-refractivity contribution in [1.82, 2.24) is 20.1 Å². The number of benzene rings is 1. The fourth-order valence-electron chi connectivity index (χ4n) is 3.40. The summed E-state index contributed by atoms with van der Waals surface area (Å²) in [7, 11) is 0. The van der Waals surface area contributed by atoms with Gasteiger partial charge in [0.25, 0.3) is 5.56 Å². The Bertz CT molecular complexity index is 886. The molecule has 29 heavy (non-hydrogen) atoms. The number of thiocarbonyl (C=S) groups is 1. The van der Waals surface area contributed by atoms with Gasteiger partial charge in [0.2, 0.25) is 0 Å². The maximum absolute atomic E-state index is 12.8. The third kappa shape index (κ3) is 6.28. The molecule has 0 radical (unpaired) electrons. The Balaban J connectivity index is 2.31. The first-order chi connectivity index (χ1) is 13.8. The molecule has 0 unspecified atom stereocenters. The molecule has 0 amide bonds. The summed E-state index contributed by atoms with van der Waals surface area (Å²) in [6.07, 6.45) is 0. The van der Waals surface area contributed by atoms with Crippen molar-refractivity contribution in [2.75, 3.05) is 32.7 Å². The van der Waals surface area contributed by atoms with E-state index in [0.717, 1.165) is 54.8 Å². The van der Waals surface area contributed by atoms with Gasteiger partial charge in [0, 0.05) is 30.6 Å². The van der Waals surface area contributed by atoms with Crippen LogP contribution in [0.4, 0.5) is 0 Å². The van der Waals surface area contributed by atoms with Gasteiger partial charge in [0.05, 0.1) is 12.1 Å². The Labute approximate surface area is 180 Å². The molecule has 160 valence electrons. The molecule has 0 atom stereocenters. The Hall–Kier alpha value is -1.92. The Kier molecular flexibility index (Phi) is 8.65. The second kappa shape index (κ2) is 10.7. The average molecular weight is 417 g/mol. The monoisotopic (exact) mass is 416 g/mol. The van der Waals surface area contributed by atoms with E-state index in [1.165, 1.54) is 5.56 Å². The fraction of sp³-hybridized carbons (Fsp3) is 0.565. The van der Waals surface area contributed by atoms with E-state index >= 15 is 0 Å². The van der Waals surface area contributed by atoms with E-state index in [4.69, 9.17) is 12.2 Å². The van der Waals surface area contributed by atoms with Crippen molar-refractivity contribution >= 4 is 28.2 Å². The highest BCUT2D eigenvalue weighted by Crippen LogP contribution is 2.20. The minimum Gasteiger partial charge on any atom is -0.362 e. The van der Waals surface area contributed by atoms with Crippen LogP contribution in [0.1, 0.15) is 44.4 Å². The summed E-state index contributed by atoms with van der Waals surface area (Å²) >= 11 is 5.69. The Morgan fingerprint density at radius 2 is 1.79 bits per heavy atom. The maximum Gasteiger partial charge on any atom is 0.253 e. The summed E-state index contributed by atoms with van der Waals surface area (Å²) in [5, 5.41) is 5.18. The van der Waals surface area contributed by atoms with Gasteiger partial charge in [-0.3, -0.25) is 4.79 Å². The van der Waals surface area contributed by atoms with Crippen LogP contribution >= 0.6 is 12.2 Å². The predicted molar refractivity (Wildman–Crippen MR) is 128 cm³/mol. The van der Waals surface area contributed by atoms with Crippen molar-refractivity contribution in [2.24, 2.45) is 5.92 Å². The van der Waals surface area contributed by atoms with Crippen LogP contribution in [-0.2, 0) is 6.54 Å². The minimum atomic E-state index is -0.0364. The summed E-state index contributed by atoms with van der Waals surface area (Å²) in [6, 6.07) is 6.19. The molecule has 0 aliphatic heterocycles. The van der Waals surface area contributed by atoms with Crippen molar-refractivity contribution in [3.63, 3.8) is 0 Å². The third-order valence-electron chi connectivity index (χ3n) is 5.41. The molecule has 1 aromatic carbocycles. The number of pyridine rings is 1. The molecule has 1 aromatic heterocycles. The second-order valence-corrected chi connectivity index (χ2v) is 8.53. The largest absolute Gasteiger partial charge is 0.362 e. The van der Waals surface area contributed by atoms with Gasteiger partial charge in [-0.05, 0) is 62.3 Å². The second-order valence-electron chi connectivity index (χ2n) is 8.14. The number of rotatable bonds is 9. The van der Waals surface area contributed by atoms with Crippen molar-refractivity contribution in [3.05, 3.63) is 45.2 Å². The molecule has 2 N–H and O–H groups in total. The van der Waals surface area contributed by atoms with E-state index in [2.05, 4.69) is 66.9 Å². The van der Waals surface area contributed by atoms with Crippen molar-refractivity contribution in [2.45, 2.75) is 48.1 Å². The number of aromatic amines is 1. The first-order valence-corrected chi connectivity index (χ1v) is 11.0. The van der Waals surface area contributed by atoms with Gasteiger partial charge < -0.3 is 20.1 Å². The minimum absolute atomic E-state index is 0.0364. The average Bonchev–Trinajstić information content (AvgIpc) is 2.69. The highest BCUT2D eigenvalue weighted by atomic mass is 32.1. The fourth-order valence-corrected chi connectivity index (χ4v) is 3.64. The number of H-pyrrole nitrogens is 1. The summed E-state index contributed by atoms with van der Waals surface area (Å²) in [4.78, 5) is 20.4. The molecule has 2 rings (SSSR count). The summed E-state index contributed by atoms with van der Waals surface area (Å²) in [5.41, 5.74) is 3.89. The molecule has 1 heterocycles. The number of hydrogen-bond acceptors (Lipinski definition) is 3.